The maximum atomic E-state index is 11.2. The van der Waals surface area contributed by atoms with Crippen LogP contribution in [0.1, 0.15) is 15.9 Å². The Balaban J connectivity index is 2.46. The van der Waals surface area contributed by atoms with E-state index in [2.05, 4.69) is 15.9 Å². The molecule has 0 radical (unpaired) electrons. The molecule has 0 fully saturated rings. The van der Waals surface area contributed by atoms with Gasteiger partial charge in [-0.1, -0.05) is 17.7 Å². The lowest BCUT2D eigenvalue weighted by Crippen LogP contribution is -2.01. The molecule has 1 N–H and O–H groups in total. The normalized spacial score (nSPS) is 10.2. The molecular weight excluding hydrogens is 342 g/mol. The van der Waals surface area contributed by atoms with Crippen LogP contribution >= 0.6 is 15.9 Å². The third kappa shape index (κ3) is 3.19. The third-order valence-electron chi connectivity index (χ3n) is 2.72. The van der Waals surface area contributed by atoms with Gasteiger partial charge < -0.3 is 9.84 Å². The van der Waals surface area contributed by atoms with Crippen molar-refractivity contribution in [1.29, 1.82) is 0 Å². The van der Waals surface area contributed by atoms with Crippen molar-refractivity contribution in [3.05, 3.63) is 62.1 Å². The summed E-state index contributed by atoms with van der Waals surface area (Å²) in [6, 6.07) is 9.00. The fourth-order valence-electron chi connectivity index (χ4n) is 1.74. The van der Waals surface area contributed by atoms with Gasteiger partial charge in [0.1, 0.15) is 21.5 Å². The zero-order valence-electron chi connectivity index (χ0n) is 10.9. The van der Waals surface area contributed by atoms with E-state index in [1.165, 1.54) is 30.3 Å². The van der Waals surface area contributed by atoms with E-state index in [-0.39, 0.29) is 27.2 Å². The number of halogens is 1. The Bertz CT molecular complexity index is 729. The molecular formula is C14H10BrNO5. The predicted octanol–water partition coefficient (Wildman–Crippen LogP) is 4.16. The van der Waals surface area contributed by atoms with Gasteiger partial charge in [-0.25, -0.2) is 4.79 Å². The maximum absolute atomic E-state index is 11.2. The molecule has 6 nitrogen and oxygen atoms in total. The fourth-order valence-corrected chi connectivity index (χ4v) is 2.23. The van der Waals surface area contributed by atoms with Crippen LogP contribution in [0.25, 0.3) is 0 Å². The first-order valence-corrected chi connectivity index (χ1v) is 6.64. The van der Waals surface area contributed by atoms with Crippen molar-refractivity contribution >= 4 is 27.6 Å². The zero-order valence-corrected chi connectivity index (χ0v) is 12.5. The van der Waals surface area contributed by atoms with Crippen molar-refractivity contribution < 1.29 is 19.6 Å². The minimum absolute atomic E-state index is 0.00611. The van der Waals surface area contributed by atoms with Gasteiger partial charge in [-0.15, -0.1) is 0 Å². The molecule has 0 aromatic heterocycles. The lowest BCUT2D eigenvalue weighted by atomic mass is 10.1. The largest absolute Gasteiger partial charge is 0.478 e. The number of nitrogens with zero attached hydrogens (tertiary/aromatic N) is 1. The molecule has 0 bridgehead atoms. The van der Waals surface area contributed by atoms with E-state index in [1.807, 2.05) is 0 Å². The van der Waals surface area contributed by atoms with Gasteiger partial charge in [-0.3, -0.25) is 10.1 Å². The van der Waals surface area contributed by atoms with Crippen LogP contribution in [0, 0.1) is 17.0 Å². The molecule has 0 aliphatic carbocycles. The lowest BCUT2D eigenvalue weighted by Gasteiger charge is -2.10. The number of carboxylic acid groups (broad SMARTS) is 1. The Kier molecular flexibility index (Phi) is 4.23. The second-order valence-corrected chi connectivity index (χ2v) is 5.05. The van der Waals surface area contributed by atoms with Gasteiger partial charge in [-0.2, -0.15) is 0 Å². The highest BCUT2D eigenvalue weighted by atomic mass is 79.9. The zero-order chi connectivity index (χ0) is 15.6. The number of carboxylic acids is 1. The number of ether oxygens (including phenoxy) is 1. The van der Waals surface area contributed by atoms with Crippen LogP contribution in [-0.2, 0) is 0 Å². The number of carbonyl (C=O) groups is 1. The summed E-state index contributed by atoms with van der Waals surface area (Å²) in [4.78, 5) is 21.5. The molecule has 0 saturated carbocycles. The number of rotatable bonds is 4. The van der Waals surface area contributed by atoms with Crippen molar-refractivity contribution in [2.75, 3.05) is 0 Å². The van der Waals surface area contributed by atoms with Crippen molar-refractivity contribution in [2.45, 2.75) is 6.92 Å². The van der Waals surface area contributed by atoms with E-state index >= 15 is 0 Å². The molecule has 108 valence electrons. The van der Waals surface area contributed by atoms with Gasteiger partial charge >= 0.3 is 5.97 Å². The highest BCUT2D eigenvalue weighted by Crippen LogP contribution is 2.37. The molecule has 0 spiro atoms. The smallest absolute Gasteiger partial charge is 0.339 e. The number of aromatic carboxylic acids is 1. The summed E-state index contributed by atoms with van der Waals surface area (Å²) < 4.78 is 5.67. The maximum Gasteiger partial charge on any atom is 0.339 e. The Labute approximate surface area is 128 Å². The fraction of sp³-hybridized carbons (Fsp3) is 0.0714. The first-order valence-electron chi connectivity index (χ1n) is 5.85. The van der Waals surface area contributed by atoms with Crippen molar-refractivity contribution in [3.8, 4) is 11.5 Å². The topological polar surface area (TPSA) is 89.7 Å². The highest BCUT2D eigenvalue weighted by Gasteiger charge is 2.18. The first-order chi connectivity index (χ1) is 9.90. The van der Waals surface area contributed by atoms with Gasteiger partial charge in [-0.05, 0) is 41.1 Å². The van der Waals surface area contributed by atoms with Crippen LogP contribution in [-0.4, -0.2) is 16.0 Å². The molecule has 0 heterocycles. The summed E-state index contributed by atoms with van der Waals surface area (Å²) in [6.07, 6.45) is 0. The second kappa shape index (κ2) is 5.92. The van der Waals surface area contributed by atoms with Crippen LogP contribution in [0.2, 0.25) is 0 Å². The Morgan fingerprint density at radius 1 is 1.29 bits per heavy atom. The van der Waals surface area contributed by atoms with Crippen molar-refractivity contribution in [2.24, 2.45) is 0 Å². The summed E-state index contributed by atoms with van der Waals surface area (Å²) in [5, 5.41) is 20.1. The van der Waals surface area contributed by atoms with E-state index in [9.17, 15) is 20.0 Å². The van der Waals surface area contributed by atoms with Crippen LogP contribution < -0.4 is 4.74 Å². The average molecular weight is 352 g/mol. The molecule has 0 unspecified atom stereocenters. The minimum atomic E-state index is -1.13. The van der Waals surface area contributed by atoms with Crippen LogP contribution in [0.15, 0.2) is 40.9 Å². The molecule has 21 heavy (non-hydrogen) atoms. The summed E-state index contributed by atoms with van der Waals surface area (Å²) in [7, 11) is 0. The molecule has 2 aromatic rings. The molecule has 7 heteroatoms. The highest BCUT2D eigenvalue weighted by molar-refractivity contribution is 9.10. The number of aryl methyl sites for hydroxylation is 1. The Hall–Kier alpha value is -2.41. The Morgan fingerprint density at radius 2 is 2.00 bits per heavy atom. The summed E-state index contributed by atoms with van der Waals surface area (Å²) in [5.74, 6) is -0.833. The van der Waals surface area contributed by atoms with Gasteiger partial charge in [0.15, 0.2) is 0 Å². The molecule has 0 aliphatic rings. The second-order valence-electron chi connectivity index (χ2n) is 4.25. The number of hydrogen-bond acceptors (Lipinski definition) is 4. The van der Waals surface area contributed by atoms with E-state index in [1.54, 1.807) is 13.0 Å². The average Bonchev–Trinajstić information content (AvgIpc) is 2.42. The predicted molar refractivity (Wildman–Crippen MR) is 79.0 cm³/mol. The SMILES string of the molecule is Cc1ccc(Oc2cccc([N+](=O)[O-])c2Br)c(C(=O)O)c1. The van der Waals surface area contributed by atoms with E-state index in [4.69, 9.17) is 4.74 Å². The number of hydrogen-bond donors (Lipinski definition) is 1. The molecule has 2 rings (SSSR count). The van der Waals surface area contributed by atoms with Crippen LogP contribution in [0.4, 0.5) is 5.69 Å². The number of nitro groups is 1. The molecule has 0 aliphatic heterocycles. The summed E-state index contributed by atoms with van der Waals surface area (Å²) in [6.45, 7) is 1.76. The van der Waals surface area contributed by atoms with Gasteiger partial charge in [0.05, 0.1) is 4.92 Å². The minimum Gasteiger partial charge on any atom is -0.478 e. The van der Waals surface area contributed by atoms with E-state index in [0.29, 0.717) is 0 Å². The van der Waals surface area contributed by atoms with E-state index in [0.717, 1.165) is 5.56 Å². The Morgan fingerprint density at radius 3 is 2.62 bits per heavy atom. The quantitative estimate of drug-likeness (QED) is 0.659. The van der Waals surface area contributed by atoms with Gasteiger partial charge in [0.25, 0.3) is 5.69 Å². The first kappa shape index (κ1) is 15.0. The number of benzene rings is 2. The van der Waals surface area contributed by atoms with E-state index < -0.39 is 10.9 Å². The molecule has 2 aromatic carbocycles. The molecule has 0 atom stereocenters. The molecule has 0 amide bonds. The lowest BCUT2D eigenvalue weighted by molar-refractivity contribution is -0.385. The van der Waals surface area contributed by atoms with Crippen molar-refractivity contribution in [3.63, 3.8) is 0 Å². The van der Waals surface area contributed by atoms with Crippen LogP contribution in [0.5, 0.6) is 11.5 Å². The standard InChI is InChI=1S/C14H10BrNO5/c1-8-5-6-11(9(7-8)14(17)18)21-12-4-2-3-10(13(12)15)16(19)20/h2-7H,1H3,(H,17,18). The van der Waals surface area contributed by atoms with Gasteiger partial charge in [0, 0.05) is 6.07 Å². The van der Waals surface area contributed by atoms with Crippen molar-refractivity contribution in [1.82, 2.24) is 0 Å². The van der Waals surface area contributed by atoms with Gasteiger partial charge in [0.2, 0.25) is 0 Å². The summed E-state index contributed by atoms with van der Waals surface area (Å²) in [5.41, 5.74) is 0.614. The number of nitro benzene ring substituents is 1. The molecule has 0 saturated heterocycles. The monoisotopic (exact) mass is 351 g/mol. The van der Waals surface area contributed by atoms with Crippen LogP contribution in [0.3, 0.4) is 0 Å². The summed E-state index contributed by atoms with van der Waals surface area (Å²) >= 11 is 3.10. The third-order valence-corrected chi connectivity index (χ3v) is 3.52.